The van der Waals surface area contributed by atoms with E-state index in [-0.39, 0.29) is 33.5 Å². The van der Waals surface area contributed by atoms with Gasteiger partial charge in [0.2, 0.25) is 20.0 Å². The van der Waals surface area contributed by atoms with Crippen molar-refractivity contribution in [1.29, 1.82) is 0 Å². The van der Waals surface area contributed by atoms with Crippen molar-refractivity contribution in [1.82, 2.24) is 13.9 Å². The smallest absolute Gasteiger partial charge is 0.251 e. The summed E-state index contributed by atoms with van der Waals surface area (Å²) in [6.45, 7) is 1.18. The highest BCUT2D eigenvalue weighted by molar-refractivity contribution is 7.89. The molecule has 1 aliphatic rings. The minimum Gasteiger partial charge on any atom is -0.492 e. The van der Waals surface area contributed by atoms with Crippen LogP contribution < -0.4 is 10.1 Å². The van der Waals surface area contributed by atoms with Crippen LogP contribution in [0, 0.1) is 0 Å². The molecule has 0 atom stereocenters. The van der Waals surface area contributed by atoms with Gasteiger partial charge >= 0.3 is 0 Å². The molecule has 2 aromatic carbocycles. The molecule has 1 saturated heterocycles. The van der Waals surface area contributed by atoms with E-state index in [2.05, 4.69) is 5.32 Å². The summed E-state index contributed by atoms with van der Waals surface area (Å²) in [6.07, 6.45) is 2.58. The average Bonchev–Trinajstić information content (AvgIpc) is 2.82. The molecular weight excluding hydrogens is 502 g/mol. The van der Waals surface area contributed by atoms with Gasteiger partial charge in [-0.25, -0.2) is 21.1 Å². The summed E-state index contributed by atoms with van der Waals surface area (Å²) < 4.78 is 58.2. The number of rotatable bonds is 9. The second-order valence-electron chi connectivity index (χ2n) is 7.97. The lowest BCUT2D eigenvalue weighted by molar-refractivity contribution is 0.0946. The summed E-state index contributed by atoms with van der Waals surface area (Å²) in [4.78, 5) is 12.6. The largest absolute Gasteiger partial charge is 0.492 e. The van der Waals surface area contributed by atoms with Crippen LogP contribution >= 0.6 is 11.6 Å². The first-order valence-electron chi connectivity index (χ1n) is 10.8. The van der Waals surface area contributed by atoms with Crippen LogP contribution in [0.25, 0.3) is 0 Å². The Kier molecular flexibility index (Phi) is 8.58. The molecule has 34 heavy (non-hydrogen) atoms. The number of nitrogens with zero attached hydrogens (tertiary/aromatic N) is 2. The highest BCUT2D eigenvalue weighted by atomic mass is 35.5. The Morgan fingerprint density at radius 1 is 1.03 bits per heavy atom. The van der Waals surface area contributed by atoms with E-state index >= 15 is 0 Å². The first kappa shape index (κ1) is 26.4. The van der Waals surface area contributed by atoms with Gasteiger partial charge in [0.1, 0.15) is 17.3 Å². The summed E-state index contributed by atoms with van der Waals surface area (Å²) in [5.74, 6) is -0.00357. The van der Waals surface area contributed by atoms with Crippen molar-refractivity contribution in [3.05, 3.63) is 53.1 Å². The van der Waals surface area contributed by atoms with E-state index in [4.69, 9.17) is 16.3 Å². The van der Waals surface area contributed by atoms with Crippen LogP contribution in [0.15, 0.2) is 52.3 Å². The van der Waals surface area contributed by atoms with E-state index in [1.54, 1.807) is 0 Å². The van der Waals surface area contributed by atoms with Crippen molar-refractivity contribution < 1.29 is 26.4 Å². The molecule has 0 aromatic heterocycles. The summed E-state index contributed by atoms with van der Waals surface area (Å²) >= 11 is 6.16. The lowest BCUT2D eigenvalue weighted by Gasteiger charge is -2.26. The Bertz CT molecular complexity index is 1230. The Hall–Kier alpha value is -2.18. The number of piperidine rings is 1. The number of halogens is 1. The van der Waals surface area contributed by atoms with Crippen molar-refractivity contribution in [3.8, 4) is 5.75 Å². The Labute approximate surface area is 205 Å². The van der Waals surface area contributed by atoms with Gasteiger partial charge in [0.05, 0.1) is 16.5 Å². The molecule has 0 spiro atoms. The summed E-state index contributed by atoms with van der Waals surface area (Å²) in [5, 5.41) is 2.75. The molecule has 2 aromatic rings. The van der Waals surface area contributed by atoms with E-state index < -0.39 is 26.0 Å². The van der Waals surface area contributed by atoms with Gasteiger partial charge in [-0.05, 0) is 55.3 Å². The lowest BCUT2D eigenvalue weighted by Crippen LogP contribution is -2.36. The van der Waals surface area contributed by atoms with E-state index in [9.17, 15) is 21.6 Å². The quantitative estimate of drug-likeness (QED) is 0.499. The highest BCUT2D eigenvalue weighted by Gasteiger charge is 2.28. The number of nitrogens with one attached hydrogen (secondary N) is 1. The van der Waals surface area contributed by atoms with E-state index in [1.807, 2.05) is 0 Å². The number of sulfonamides is 2. The van der Waals surface area contributed by atoms with Crippen LogP contribution in [-0.4, -0.2) is 71.7 Å². The molecule has 0 radical (unpaired) electrons. The number of amides is 1. The SMILES string of the molecule is CN(C)S(=O)(=O)c1ccc(OCCNC(=O)c2ccc(Cl)c(S(=O)(=O)N3CCCCC3)c2)cc1. The zero-order chi connectivity index (χ0) is 24.9. The number of hydrogen-bond acceptors (Lipinski definition) is 6. The van der Waals surface area contributed by atoms with Crippen molar-refractivity contribution in [2.45, 2.75) is 29.1 Å². The standard InChI is InChI=1S/C22H28ClN3O6S2/c1-25(2)33(28,29)19-9-7-18(8-10-19)32-15-12-24-22(27)17-6-11-20(23)21(16-17)34(30,31)26-13-4-3-5-14-26/h6-11,16H,3-5,12-15H2,1-2H3,(H,24,27). The molecule has 1 N–H and O–H groups in total. The fourth-order valence-corrected chi connectivity index (χ4v) is 6.36. The number of carbonyl (C=O) groups excluding carboxylic acids is 1. The number of carbonyl (C=O) groups is 1. The first-order chi connectivity index (χ1) is 16.0. The molecule has 1 fully saturated rings. The molecule has 0 unspecified atom stereocenters. The highest BCUT2D eigenvalue weighted by Crippen LogP contribution is 2.28. The van der Waals surface area contributed by atoms with Gasteiger partial charge < -0.3 is 10.1 Å². The zero-order valence-electron chi connectivity index (χ0n) is 19.0. The fraction of sp³-hybridized carbons (Fsp3) is 0.409. The topological polar surface area (TPSA) is 113 Å². The average molecular weight is 530 g/mol. The van der Waals surface area contributed by atoms with Gasteiger partial charge in [-0.1, -0.05) is 18.0 Å². The summed E-state index contributed by atoms with van der Waals surface area (Å²) in [7, 11) is -4.39. The van der Waals surface area contributed by atoms with Crippen molar-refractivity contribution in [2.24, 2.45) is 0 Å². The number of ether oxygens (including phenoxy) is 1. The van der Waals surface area contributed by atoms with Gasteiger partial charge in [-0.2, -0.15) is 4.31 Å². The van der Waals surface area contributed by atoms with Gasteiger partial charge in [-0.15, -0.1) is 0 Å². The lowest BCUT2D eigenvalue weighted by atomic mass is 10.2. The summed E-state index contributed by atoms with van der Waals surface area (Å²) in [6, 6.07) is 10.1. The molecule has 0 saturated carbocycles. The minimum atomic E-state index is -3.78. The van der Waals surface area contributed by atoms with E-state index in [0.717, 1.165) is 23.6 Å². The van der Waals surface area contributed by atoms with E-state index in [1.165, 1.54) is 60.9 Å². The minimum absolute atomic E-state index is 0.0742. The van der Waals surface area contributed by atoms with Gasteiger partial charge in [0, 0.05) is 32.7 Å². The number of hydrogen-bond donors (Lipinski definition) is 1. The Balaban J connectivity index is 1.58. The van der Waals surface area contributed by atoms with Crippen LogP contribution in [0.2, 0.25) is 5.02 Å². The Morgan fingerprint density at radius 3 is 2.29 bits per heavy atom. The normalized spacial score (nSPS) is 15.3. The van der Waals surface area contributed by atoms with Crippen LogP contribution in [0.5, 0.6) is 5.75 Å². The molecule has 1 amide bonds. The van der Waals surface area contributed by atoms with Gasteiger partial charge in [0.25, 0.3) is 5.91 Å². The van der Waals surface area contributed by atoms with Crippen LogP contribution in [0.3, 0.4) is 0 Å². The van der Waals surface area contributed by atoms with Crippen LogP contribution in [0.1, 0.15) is 29.6 Å². The molecule has 0 aliphatic carbocycles. The fourth-order valence-electron chi connectivity index (χ4n) is 3.44. The molecular formula is C22H28ClN3O6S2. The molecule has 12 heteroatoms. The van der Waals surface area contributed by atoms with Crippen molar-refractivity contribution in [2.75, 3.05) is 40.3 Å². The molecule has 9 nitrogen and oxygen atoms in total. The van der Waals surface area contributed by atoms with Crippen LogP contribution in [-0.2, 0) is 20.0 Å². The van der Waals surface area contributed by atoms with Crippen molar-refractivity contribution in [3.63, 3.8) is 0 Å². The molecule has 1 heterocycles. The Morgan fingerprint density at radius 2 is 1.68 bits per heavy atom. The predicted molar refractivity (Wildman–Crippen MR) is 129 cm³/mol. The third-order valence-electron chi connectivity index (χ3n) is 5.38. The maximum atomic E-state index is 13.0. The second-order valence-corrected chi connectivity index (χ2v) is 12.4. The number of benzene rings is 2. The third kappa shape index (κ3) is 6.08. The second kappa shape index (κ2) is 11.0. The first-order valence-corrected chi connectivity index (χ1v) is 14.0. The van der Waals surface area contributed by atoms with Gasteiger partial charge in [0.15, 0.2) is 0 Å². The molecule has 186 valence electrons. The molecule has 0 bridgehead atoms. The van der Waals surface area contributed by atoms with Crippen molar-refractivity contribution >= 4 is 37.6 Å². The van der Waals surface area contributed by atoms with Crippen LogP contribution in [0.4, 0.5) is 0 Å². The maximum Gasteiger partial charge on any atom is 0.251 e. The third-order valence-corrected chi connectivity index (χ3v) is 9.59. The predicted octanol–water partition coefficient (Wildman–Crippen LogP) is 2.57. The summed E-state index contributed by atoms with van der Waals surface area (Å²) in [5.41, 5.74) is 0.179. The maximum absolute atomic E-state index is 13.0. The van der Waals surface area contributed by atoms with Gasteiger partial charge in [-0.3, -0.25) is 4.79 Å². The van der Waals surface area contributed by atoms with E-state index in [0.29, 0.717) is 18.8 Å². The molecule has 3 rings (SSSR count). The monoisotopic (exact) mass is 529 g/mol. The zero-order valence-corrected chi connectivity index (χ0v) is 21.4. The molecule has 1 aliphatic heterocycles.